The molecule has 1 heterocycles. The van der Waals surface area contributed by atoms with Gasteiger partial charge in [-0.15, -0.1) is 0 Å². The molecule has 1 aromatic heterocycles. The van der Waals surface area contributed by atoms with Crippen molar-refractivity contribution in [2.75, 3.05) is 11.6 Å². The van der Waals surface area contributed by atoms with Gasteiger partial charge in [-0.25, -0.2) is 9.97 Å². The molecule has 0 spiro atoms. The molecule has 1 amide bonds. The summed E-state index contributed by atoms with van der Waals surface area (Å²) in [5.74, 6) is 1.19. The number of anilines is 1. The highest BCUT2D eigenvalue weighted by molar-refractivity contribution is 5.74. The minimum Gasteiger partial charge on any atom is -0.274 e. The van der Waals surface area contributed by atoms with Crippen LogP contribution in [0.4, 0.5) is 5.82 Å². The molecule has 2 aromatic rings. The summed E-state index contributed by atoms with van der Waals surface area (Å²) in [6.45, 7) is 4.05. The molecule has 2 rings (SSSR count). The minimum absolute atomic E-state index is 0.123. The molecule has 5 nitrogen and oxygen atoms in total. The first-order valence-electron chi connectivity index (χ1n) is 6.14. The second-order valence-corrected chi connectivity index (χ2v) is 4.02. The summed E-state index contributed by atoms with van der Waals surface area (Å²) in [5, 5.41) is 1.69. The maximum atomic E-state index is 11.1. The highest BCUT2D eigenvalue weighted by atomic mass is 16.2. The first-order chi connectivity index (χ1) is 9.20. The Hall–Kier alpha value is -2.43. The molecule has 0 bridgehead atoms. The Balaban J connectivity index is 2.31. The van der Waals surface area contributed by atoms with Crippen molar-refractivity contribution in [3.8, 4) is 11.4 Å². The van der Waals surface area contributed by atoms with Crippen molar-refractivity contribution >= 4 is 11.7 Å². The van der Waals surface area contributed by atoms with Crippen molar-refractivity contribution in [1.29, 1.82) is 0 Å². The van der Waals surface area contributed by atoms with Gasteiger partial charge in [0, 0.05) is 31.3 Å². The number of aromatic nitrogens is 2. The molecular weight excluding hydrogens is 240 g/mol. The summed E-state index contributed by atoms with van der Waals surface area (Å²) >= 11 is 0. The zero-order valence-electron chi connectivity index (χ0n) is 11.0. The first-order valence-corrected chi connectivity index (χ1v) is 6.14. The zero-order valence-corrected chi connectivity index (χ0v) is 11.0. The van der Waals surface area contributed by atoms with Gasteiger partial charge in [-0.3, -0.25) is 15.2 Å². The minimum atomic E-state index is -0.123. The zero-order chi connectivity index (χ0) is 13.7. The van der Waals surface area contributed by atoms with Crippen molar-refractivity contribution in [3.63, 3.8) is 0 Å². The fourth-order valence-electron chi connectivity index (χ4n) is 1.71. The van der Waals surface area contributed by atoms with Crippen molar-refractivity contribution in [3.05, 3.63) is 42.6 Å². The molecule has 1 N–H and O–H groups in total. The third-order valence-electron chi connectivity index (χ3n) is 2.56. The lowest BCUT2D eigenvalue weighted by atomic mass is 10.2. The topological polar surface area (TPSA) is 58.1 Å². The molecule has 98 valence electrons. The molecule has 1 aromatic carbocycles. The monoisotopic (exact) mass is 256 g/mol. The van der Waals surface area contributed by atoms with Gasteiger partial charge in [-0.05, 0) is 6.92 Å². The fourth-order valence-corrected chi connectivity index (χ4v) is 1.71. The van der Waals surface area contributed by atoms with Crippen molar-refractivity contribution in [1.82, 2.24) is 15.4 Å². The number of carbonyl (C=O) groups is 1. The summed E-state index contributed by atoms with van der Waals surface area (Å²) in [5.41, 5.74) is 3.68. The standard InChI is InChI=1S/C14H16N4O/c1-3-18(17-11(2)19)13-9-10-15-14(16-13)12-7-5-4-6-8-12/h4-10H,3H2,1-2H3,(H,17,19). The first kappa shape index (κ1) is 13.0. The van der Waals surface area contributed by atoms with E-state index < -0.39 is 0 Å². The quantitative estimate of drug-likeness (QED) is 0.850. The molecule has 19 heavy (non-hydrogen) atoms. The number of carbonyl (C=O) groups excluding carboxylic acids is 1. The molecule has 0 aliphatic heterocycles. The smallest absolute Gasteiger partial charge is 0.235 e. The Morgan fingerprint density at radius 2 is 2.00 bits per heavy atom. The van der Waals surface area contributed by atoms with Gasteiger partial charge in [-0.2, -0.15) is 0 Å². The van der Waals surface area contributed by atoms with Crippen LogP contribution in [0.5, 0.6) is 0 Å². The molecule has 0 radical (unpaired) electrons. The number of nitrogens with one attached hydrogen (secondary N) is 1. The molecular formula is C14H16N4O. The molecule has 0 aliphatic carbocycles. The maximum Gasteiger partial charge on any atom is 0.235 e. The molecule has 5 heteroatoms. The maximum absolute atomic E-state index is 11.1. The van der Waals surface area contributed by atoms with E-state index in [4.69, 9.17) is 0 Å². The van der Waals surface area contributed by atoms with Gasteiger partial charge in [0.2, 0.25) is 5.91 Å². The number of benzene rings is 1. The van der Waals surface area contributed by atoms with Crippen LogP contribution in [0.25, 0.3) is 11.4 Å². The lowest BCUT2D eigenvalue weighted by Crippen LogP contribution is -2.41. The Labute approximate surface area is 112 Å². The molecule has 0 atom stereocenters. The number of rotatable bonds is 4. The average molecular weight is 256 g/mol. The van der Waals surface area contributed by atoms with Crippen LogP contribution < -0.4 is 10.4 Å². The van der Waals surface area contributed by atoms with Gasteiger partial charge in [-0.1, -0.05) is 30.3 Å². The van der Waals surface area contributed by atoms with Crippen LogP contribution in [0.2, 0.25) is 0 Å². The van der Waals surface area contributed by atoms with Crippen LogP contribution in [0.1, 0.15) is 13.8 Å². The van der Waals surface area contributed by atoms with Gasteiger partial charge in [0.15, 0.2) is 11.6 Å². The number of hydrogen-bond donors (Lipinski definition) is 1. The SMILES string of the molecule is CCN(NC(C)=O)c1ccnc(-c2ccccc2)n1. The van der Waals surface area contributed by atoms with Gasteiger partial charge in [0.25, 0.3) is 0 Å². The van der Waals surface area contributed by atoms with E-state index in [0.717, 1.165) is 5.56 Å². The second kappa shape index (κ2) is 5.95. The number of hydrazine groups is 1. The Morgan fingerprint density at radius 1 is 1.26 bits per heavy atom. The van der Waals surface area contributed by atoms with Crippen LogP contribution in [-0.2, 0) is 4.79 Å². The third-order valence-corrected chi connectivity index (χ3v) is 2.56. The molecule has 0 saturated heterocycles. The van der Waals surface area contributed by atoms with Gasteiger partial charge in [0.1, 0.15) is 0 Å². The lowest BCUT2D eigenvalue weighted by Gasteiger charge is -2.21. The Morgan fingerprint density at radius 3 is 2.63 bits per heavy atom. The van der Waals surface area contributed by atoms with Crippen LogP contribution in [0.15, 0.2) is 42.6 Å². The van der Waals surface area contributed by atoms with Crippen LogP contribution >= 0.6 is 0 Å². The van der Waals surface area contributed by atoms with E-state index in [1.54, 1.807) is 17.3 Å². The summed E-state index contributed by atoms with van der Waals surface area (Å²) < 4.78 is 0. The fraction of sp³-hybridized carbons (Fsp3) is 0.214. The van der Waals surface area contributed by atoms with Crippen LogP contribution in [0.3, 0.4) is 0 Å². The lowest BCUT2D eigenvalue weighted by molar-refractivity contribution is -0.119. The summed E-state index contributed by atoms with van der Waals surface area (Å²) in [4.78, 5) is 19.9. The van der Waals surface area contributed by atoms with Gasteiger partial charge in [0.05, 0.1) is 0 Å². The third kappa shape index (κ3) is 3.28. The summed E-state index contributed by atoms with van der Waals surface area (Å²) in [6.07, 6.45) is 1.69. The van der Waals surface area contributed by atoms with E-state index in [1.807, 2.05) is 37.3 Å². The van der Waals surface area contributed by atoms with E-state index in [2.05, 4.69) is 15.4 Å². The summed E-state index contributed by atoms with van der Waals surface area (Å²) in [7, 11) is 0. The van der Waals surface area contributed by atoms with Gasteiger partial charge < -0.3 is 0 Å². The van der Waals surface area contributed by atoms with Crippen molar-refractivity contribution in [2.45, 2.75) is 13.8 Å². The van der Waals surface area contributed by atoms with Crippen LogP contribution in [-0.4, -0.2) is 22.4 Å². The molecule has 0 unspecified atom stereocenters. The van der Waals surface area contributed by atoms with E-state index in [-0.39, 0.29) is 5.91 Å². The second-order valence-electron chi connectivity index (χ2n) is 4.02. The largest absolute Gasteiger partial charge is 0.274 e. The number of amides is 1. The summed E-state index contributed by atoms with van der Waals surface area (Å²) in [6, 6.07) is 11.5. The normalized spacial score (nSPS) is 10.0. The Bertz CT molecular complexity index is 556. The van der Waals surface area contributed by atoms with Crippen LogP contribution in [0, 0.1) is 0 Å². The molecule has 0 saturated carbocycles. The number of hydrogen-bond acceptors (Lipinski definition) is 4. The molecule has 0 fully saturated rings. The van der Waals surface area contributed by atoms with Crippen molar-refractivity contribution < 1.29 is 4.79 Å². The average Bonchev–Trinajstić information content (AvgIpc) is 2.45. The van der Waals surface area contributed by atoms with Gasteiger partial charge >= 0.3 is 0 Å². The number of nitrogens with zero attached hydrogens (tertiary/aromatic N) is 3. The molecule has 0 aliphatic rings. The Kier molecular flexibility index (Phi) is 4.07. The van der Waals surface area contributed by atoms with Crippen molar-refractivity contribution in [2.24, 2.45) is 0 Å². The predicted octanol–water partition coefficient (Wildman–Crippen LogP) is 2.02. The predicted molar refractivity (Wildman–Crippen MR) is 74.3 cm³/mol. The highest BCUT2D eigenvalue weighted by Gasteiger charge is 2.09. The van der Waals surface area contributed by atoms with E-state index in [9.17, 15) is 4.79 Å². The van der Waals surface area contributed by atoms with E-state index >= 15 is 0 Å². The van der Waals surface area contributed by atoms with E-state index in [0.29, 0.717) is 18.2 Å². The highest BCUT2D eigenvalue weighted by Crippen LogP contribution is 2.16. The van der Waals surface area contributed by atoms with E-state index in [1.165, 1.54) is 6.92 Å².